The van der Waals surface area contributed by atoms with E-state index in [1.54, 1.807) is 11.3 Å². The van der Waals surface area contributed by atoms with Crippen LogP contribution in [-0.4, -0.2) is 98.4 Å². The van der Waals surface area contributed by atoms with Crippen LogP contribution in [0.25, 0.3) is 31.8 Å². The van der Waals surface area contributed by atoms with Gasteiger partial charge in [0.15, 0.2) is 10.8 Å². The highest BCUT2D eigenvalue weighted by atomic mass is 32.1. The van der Waals surface area contributed by atoms with Gasteiger partial charge in [-0.3, -0.25) is 29.3 Å². The first-order valence-electron chi connectivity index (χ1n) is 29.6. The molecule has 3 aliphatic rings. The Kier molecular flexibility index (Phi) is 18.1. The number of likely N-dealkylation sites (tertiary alicyclic amines) is 1. The third-order valence-corrected chi connectivity index (χ3v) is 18.3. The van der Waals surface area contributed by atoms with E-state index >= 15 is 0 Å². The molecule has 3 N–H and O–H groups in total. The van der Waals surface area contributed by atoms with E-state index in [0.29, 0.717) is 60.2 Å². The van der Waals surface area contributed by atoms with Crippen LogP contribution < -0.4 is 25.6 Å². The molecule has 0 bridgehead atoms. The smallest absolute Gasteiger partial charge is 0.358 e. The average Bonchev–Trinajstić information content (AvgIpc) is 3.05. The van der Waals surface area contributed by atoms with E-state index in [-0.39, 0.29) is 60.9 Å². The number of carbonyl (C=O) groups is 6. The van der Waals surface area contributed by atoms with Crippen LogP contribution in [0.2, 0.25) is 0 Å². The summed E-state index contributed by atoms with van der Waals surface area (Å²) >= 11 is 3.00. The standard InChI is InChI=1S/C67H76N8O9S2/c1-38-48(49-29-30-56(71-58(49)64(81)84-67(8,9)10)74-32-31-44-15-13-17-50(51(44)36-74)61(78)73-65-70-52-18-11-12-20-55(52)86-65)16-14-19-54(38)83-46-27-21-42(22-28-46)33-57(77)72-60(66(5,6)7)63(80)75-35-47(82-41(4)76)34-53(75)62(79)69-39(2)43-23-25-45(26-24-43)59-40(3)68-37-85-59/h11-20,23-26,29-30,37,39,42,46-47,53,60H,21-22,27-28,31-36H2,1-10H3,(H,69,79)(H,72,77)(H,70,73,78)/t39-,42?,46?,47+,53-,60?/m0/s1. The molecule has 4 aromatic carbocycles. The monoisotopic (exact) mass is 1200 g/mol. The van der Waals surface area contributed by atoms with Gasteiger partial charge in [0.25, 0.3) is 5.91 Å². The lowest BCUT2D eigenvalue weighted by atomic mass is 9.83. The third-order valence-electron chi connectivity index (χ3n) is 16.3. The fourth-order valence-corrected chi connectivity index (χ4v) is 13.5. The Hall–Kier alpha value is -8.03. The Bertz CT molecular complexity index is 3650. The number of hydrogen-bond acceptors (Lipinski definition) is 15. The van der Waals surface area contributed by atoms with Crippen molar-refractivity contribution < 1.29 is 43.0 Å². The Balaban J connectivity index is 0.779. The topological polar surface area (TPSA) is 211 Å². The first-order valence-corrected chi connectivity index (χ1v) is 31.3. The number of ether oxygens (including phenoxy) is 3. The highest BCUT2D eigenvalue weighted by Crippen LogP contribution is 2.39. The summed E-state index contributed by atoms with van der Waals surface area (Å²) in [4.78, 5) is 102. The van der Waals surface area contributed by atoms with Gasteiger partial charge >= 0.3 is 11.9 Å². The number of amides is 4. The second kappa shape index (κ2) is 25.5. The maximum atomic E-state index is 14.7. The second-order valence-corrected chi connectivity index (χ2v) is 26.9. The molecule has 4 atom stereocenters. The number of rotatable bonds is 16. The van der Waals surface area contributed by atoms with Crippen molar-refractivity contribution in [2.24, 2.45) is 11.3 Å². The largest absolute Gasteiger partial charge is 0.490 e. The maximum absolute atomic E-state index is 14.7. The molecule has 0 spiro atoms. The molecule has 1 aliphatic carbocycles. The minimum Gasteiger partial charge on any atom is -0.490 e. The summed E-state index contributed by atoms with van der Waals surface area (Å²) in [6.07, 6.45) is 3.02. The Morgan fingerprint density at radius 3 is 2.24 bits per heavy atom. The number of anilines is 2. The number of carbonyl (C=O) groups excluding carboxylic acids is 6. The van der Waals surface area contributed by atoms with Crippen LogP contribution in [0.3, 0.4) is 0 Å². The molecular formula is C67H76N8O9S2. The fourth-order valence-electron chi connectivity index (χ4n) is 11.9. The van der Waals surface area contributed by atoms with E-state index in [9.17, 15) is 28.8 Å². The van der Waals surface area contributed by atoms with Gasteiger partial charge in [0.2, 0.25) is 17.7 Å². The lowest BCUT2D eigenvalue weighted by molar-refractivity contribution is -0.147. The zero-order valence-corrected chi connectivity index (χ0v) is 52.2. The summed E-state index contributed by atoms with van der Waals surface area (Å²) < 4.78 is 19.3. The number of esters is 2. The third kappa shape index (κ3) is 14.1. The molecule has 2 aliphatic heterocycles. The van der Waals surface area contributed by atoms with E-state index < -0.39 is 47.0 Å². The normalized spacial score (nSPS) is 18.6. The van der Waals surface area contributed by atoms with Gasteiger partial charge in [-0.05, 0) is 155 Å². The maximum Gasteiger partial charge on any atom is 0.358 e. The van der Waals surface area contributed by atoms with Gasteiger partial charge in [-0.1, -0.05) is 92.8 Å². The van der Waals surface area contributed by atoms with Crippen LogP contribution in [0.4, 0.5) is 10.9 Å². The summed E-state index contributed by atoms with van der Waals surface area (Å²) in [6, 6.07) is 28.9. The molecule has 5 heterocycles. The summed E-state index contributed by atoms with van der Waals surface area (Å²) in [6.45, 7) is 19.3. The number of thiazole rings is 2. The van der Waals surface area contributed by atoms with Crippen LogP contribution in [0.15, 0.2) is 103 Å². The summed E-state index contributed by atoms with van der Waals surface area (Å²) in [5, 5.41) is 9.72. The zero-order chi connectivity index (χ0) is 61.2. The number of pyridine rings is 1. The summed E-state index contributed by atoms with van der Waals surface area (Å²) in [5.41, 5.74) is 8.89. The van der Waals surface area contributed by atoms with Gasteiger partial charge in [-0.15, -0.1) is 11.3 Å². The molecule has 1 unspecified atom stereocenters. The SMILES string of the molecule is CC(=O)O[C@@H]1C[C@@H](C(=O)N[C@@H](C)c2ccc(-c3scnc3C)cc2)N(C(=O)C(NC(=O)CC2CCC(Oc3cccc(-c4ccc(N5CCc6cccc(C(=O)Nc7nc8ccccc8s7)c6C5)nc4C(=O)OC(C)(C)C)c3C)CC2)C(C)(C)C)C1. The number of aryl methyl sites for hydroxylation is 1. The molecule has 0 radical (unpaired) electrons. The number of para-hydroxylation sites is 1. The molecule has 10 rings (SSSR count). The minimum atomic E-state index is -0.967. The Morgan fingerprint density at radius 2 is 1.55 bits per heavy atom. The molecule has 4 amide bonds. The first-order chi connectivity index (χ1) is 41.0. The van der Waals surface area contributed by atoms with Gasteiger partial charge in [0, 0.05) is 44.0 Å². The minimum absolute atomic E-state index is 0.0175. The van der Waals surface area contributed by atoms with Crippen molar-refractivity contribution >= 4 is 79.4 Å². The van der Waals surface area contributed by atoms with Crippen molar-refractivity contribution in [3.8, 4) is 27.3 Å². The molecule has 1 saturated carbocycles. The van der Waals surface area contributed by atoms with E-state index in [1.807, 2.05) is 159 Å². The molecule has 17 nitrogen and oxygen atoms in total. The van der Waals surface area contributed by atoms with Crippen LogP contribution in [0.5, 0.6) is 5.75 Å². The number of aromatic nitrogens is 3. The fraction of sp³-hybridized carbons (Fsp3) is 0.418. The van der Waals surface area contributed by atoms with Gasteiger partial charge in [-0.2, -0.15) is 0 Å². The van der Waals surface area contributed by atoms with Crippen molar-refractivity contribution in [3.63, 3.8) is 0 Å². The van der Waals surface area contributed by atoms with Crippen LogP contribution in [-0.2, 0) is 41.6 Å². The van der Waals surface area contributed by atoms with Crippen molar-refractivity contribution in [2.75, 3.05) is 23.3 Å². The number of benzene rings is 4. The number of hydrogen-bond donors (Lipinski definition) is 3. The van der Waals surface area contributed by atoms with Crippen molar-refractivity contribution in [1.82, 2.24) is 30.5 Å². The van der Waals surface area contributed by atoms with Crippen molar-refractivity contribution in [2.45, 2.75) is 157 Å². The number of fused-ring (bicyclic) bond motifs is 2. The average molecular weight is 1200 g/mol. The quantitative estimate of drug-likeness (QED) is 0.0770. The summed E-state index contributed by atoms with van der Waals surface area (Å²) in [5.74, 6) is -1.05. The molecule has 2 fully saturated rings. The van der Waals surface area contributed by atoms with Gasteiger partial charge in [0.1, 0.15) is 35.4 Å². The van der Waals surface area contributed by atoms with E-state index in [4.69, 9.17) is 19.2 Å². The molecule has 3 aromatic heterocycles. The van der Waals surface area contributed by atoms with E-state index in [0.717, 1.165) is 67.0 Å². The Morgan fingerprint density at radius 1 is 0.802 bits per heavy atom. The number of nitrogens with one attached hydrogen (secondary N) is 3. The van der Waals surface area contributed by atoms with E-state index in [1.165, 1.54) is 23.2 Å². The first kappa shape index (κ1) is 61.1. The molecule has 19 heteroatoms. The zero-order valence-electron chi connectivity index (χ0n) is 50.6. The predicted octanol–water partition coefficient (Wildman–Crippen LogP) is 12.1. The van der Waals surface area contributed by atoms with E-state index in [2.05, 4.69) is 36.9 Å². The van der Waals surface area contributed by atoms with Gasteiger partial charge in [0.05, 0.1) is 45.0 Å². The van der Waals surface area contributed by atoms with Gasteiger partial charge < -0.3 is 34.6 Å². The molecule has 1 saturated heterocycles. The molecular weight excluding hydrogens is 1120 g/mol. The van der Waals surface area contributed by atoms with Gasteiger partial charge in [-0.25, -0.2) is 19.7 Å². The van der Waals surface area contributed by atoms with Crippen LogP contribution in [0, 0.1) is 25.2 Å². The highest BCUT2D eigenvalue weighted by molar-refractivity contribution is 7.22. The Labute approximate surface area is 510 Å². The lowest BCUT2D eigenvalue weighted by Gasteiger charge is -2.36. The van der Waals surface area contributed by atoms with Crippen LogP contribution >= 0.6 is 22.7 Å². The van der Waals surface area contributed by atoms with Crippen molar-refractivity contribution in [3.05, 3.63) is 142 Å². The van der Waals surface area contributed by atoms with Crippen molar-refractivity contribution in [1.29, 1.82) is 0 Å². The summed E-state index contributed by atoms with van der Waals surface area (Å²) in [7, 11) is 0. The highest BCUT2D eigenvalue weighted by Gasteiger charge is 2.46. The predicted molar refractivity (Wildman–Crippen MR) is 335 cm³/mol. The number of nitrogens with zero attached hydrogens (tertiary/aromatic N) is 5. The molecule has 7 aromatic rings. The molecule has 450 valence electrons. The van der Waals surface area contributed by atoms with Crippen LogP contribution in [0.1, 0.15) is 149 Å². The molecule has 86 heavy (non-hydrogen) atoms. The lowest BCUT2D eigenvalue weighted by Crippen LogP contribution is -2.58. The second-order valence-electron chi connectivity index (χ2n) is 25.0.